The summed E-state index contributed by atoms with van der Waals surface area (Å²) in [4.78, 5) is 16.4. The number of hydrogen-bond donors (Lipinski definition) is 1. The second-order valence-corrected chi connectivity index (χ2v) is 8.34. The Morgan fingerprint density at radius 2 is 1.30 bits per heavy atom. The Balaban J connectivity index is 1.83. The van der Waals surface area contributed by atoms with Gasteiger partial charge in [-0.3, -0.25) is 4.79 Å². The monoisotopic (exact) mass is 437 g/mol. The summed E-state index contributed by atoms with van der Waals surface area (Å²) in [5.74, 6) is 0.0912. The Bertz CT molecular complexity index is 1070. The third kappa shape index (κ3) is 4.47. The van der Waals surface area contributed by atoms with E-state index in [2.05, 4.69) is 108 Å². The van der Waals surface area contributed by atoms with Crippen molar-refractivity contribution in [1.29, 1.82) is 0 Å². The lowest BCUT2D eigenvalue weighted by Crippen LogP contribution is -2.38. The number of imidazole rings is 1. The van der Waals surface area contributed by atoms with Gasteiger partial charge in [0.2, 0.25) is 5.91 Å². The van der Waals surface area contributed by atoms with E-state index >= 15 is 0 Å². The Kier molecular flexibility index (Phi) is 7.04. The molecular formula is C29H31N3O. The lowest BCUT2D eigenvalue weighted by atomic mass is 9.76. The van der Waals surface area contributed by atoms with E-state index in [0.717, 1.165) is 30.7 Å². The second kappa shape index (κ2) is 10.3. The third-order valence-corrected chi connectivity index (χ3v) is 6.39. The van der Waals surface area contributed by atoms with Gasteiger partial charge in [0.1, 0.15) is 5.54 Å². The molecule has 0 aliphatic carbocycles. The number of carbonyl (C=O) groups excluding carboxylic acids is 1. The van der Waals surface area contributed by atoms with Gasteiger partial charge in [0.15, 0.2) is 0 Å². The molecular weight excluding hydrogens is 406 g/mol. The maximum atomic E-state index is 11.6. The van der Waals surface area contributed by atoms with Gasteiger partial charge < -0.3 is 9.88 Å². The van der Waals surface area contributed by atoms with Crippen LogP contribution in [0.2, 0.25) is 0 Å². The van der Waals surface area contributed by atoms with E-state index in [9.17, 15) is 4.79 Å². The molecule has 0 unspecified atom stereocenters. The largest absolute Gasteiger partial charge is 0.359 e. The maximum Gasteiger partial charge on any atom is 0.219 e. The van der Waals surface area contributed by atoms with Gasteiger partial charge in [-0.2, -0.15) is 0 Å². The van der Waals surface area contributed by atoms with Crippen LogP contribution in [0.4, 0.5) is 0 Å². The lowest BCUT2D eigenvalue weighted by molar-refractivity contribution is -0.120. The highest BCUT2D eigenvalue weighted by atomic mass is 16.1. The van der Waals surface area contributed by atoms with Crippen molar-refractivity contribution in [2.24, 2.45) is 0 Å². The molecule has 1 heterocycles. The Morgan fingerprint density at radius 3 is 1.76 bits per heavy atom. The highest BCUT2D eigenvalue weighted by Gasteiger charge is 2.39. The van der Waals surface area contributed by atoms with Crippen molar-refractivity contribution in [3.8, 4) is 0 Å². The summed E-state index contributed by atoms with van der Waals surface area (Å²) in [6, 6.07) is 32.0. The molecule has 4 heteroatoms. The molecule has 0 spiro atoms. The highest BCUT2D eigenvalue weighted by Crippen LogP contribution is 2.41. The van der Waals surface area contributed by atoms with Crippen LogP contribution >= 0.6 is 0 Å². The van der Waals surface area contributed by atoms with Crippen molar-refractivity contribution in [2.75, 3.05) is 7.05 Å². The van der Waals surface area contributed by atoms with Gasteiger partial charge in [-0.05, 0) is 42.9 Å². The van der Waals surface area contributed by atoms with Crippen molar-refractivity contribution in [3.05, 3.63) is 125 Å². The fourth-order valence-corrected chi connectivity index (χ4v) is 4.69. The van der Waals surface area contributed by atoms with Gasteiger partial charge in [-0.1, -0.05) is 91.0 Å². The van der Waals surface area contributed by atoms with Crippen molar-refractivity contribution in [3.63, 3.8) is 0 Å². The molecule has 4 rings (SSSR count). The molecule has 33 heavy (non-hydrogen) atoms. The first-order valence-corrected chi connectivity index (χ1v) is 11.6. The van der Waals surface area contributed by atoms with E-state index < -0.39 is 5.54 Å². The highest BCUT2D eigenvalue weighted by molar-refractivity contribution is 5.75. The van der Waals surface area contributed by atoms with Crippen LogP contribution in [0.25, 0.3) is 0 Å². The van der Waals surface area contributed by atoms with Crippen molar-refractivity contribution >= 4 is 5.91 Å². The first kappa shape index (κ1) is 22.5. The lowest BCUT2D eigenvalue weighted by Gasteiger charge is -2.38. The first-order chi connectivity index (χ1) is 16.2. The van der Waals surface area contributed by atoms with Gasteiger partial charge in [0.05, 0.1) is 12.0 Å². The van der Waals surface area contributed by atoms with Gasteiger partial charge >= 0.3 is 0 Å². The summed E-state index contributed by atoms with van der Waals surface area (Å²) in [5, 5.41) is 2.69. The number of aryl methyl sites for hydroxylation is 1. The van der Waals surface area contributed by atoms with Crippen LogP contribution in [0.5, 0.6) is 0 Å². The minimum absolute atomic E-state index is 0.0912. The third-order valence-electron chi connectivity index (χ3n) is 6.39. The molecule has 1 amide bonds. The van der Waals surface area contributed by atoms with Crippen LogP contribution < -0.4 is 5.32 Å². The van der Waals surface area contributed by atoms with E-state index in [1.807, 2.05) is 6.33 Å². The van der Waals surface area contributed by atoms with Crippen molar-refractivity contribution < 1.29 is 4.79 Å². The van der Waals surface area contributed by atoms with Crippen LogP contribution in [-0.2, 0) is 16.8 Å². The standard InChI is InChI=1S/C29H31N3O/c1-23-27(20-12-13-21-28(33)30-2)31-22-32(23)29(24-14-6-3-7-15-24,25-16-8-4-9-17-25)26-18-10-5-11-19-26/h3-11,14-19,22H,12-13,20-21H2,1-2H3,(H,30,33). The Labute approximate surface area is 196 Å². The molecule has 1 N–H and O–H groups in total. The van der Waals surface area contributed by atoms with Crippen LogP contribution in [0, 0.1) is 6.92 Å². The van der Waals surface area contributed by atoms with Gasteiger partial charge in [-0.25, -0.2) is 4.98 Å². The summed E-state index contributed by atoms with van der Waals surface area (Å²) in [7, 11) is 1.69. The number of amides is 1. The number of hydrogen-bond acceptors (Lipinski definition) is 2. The zero-order valence-electron chi connectivity index (χ0n) is 19.4. The number of nitrogens with one attached hydrogen (secondary N) is 1. The SMILES string of the molecule is CNC(=O)CCCCc1ncn(C(c2ccccc2)(c2ccccc2)c2ccccc2)c1C. The van der Waals surface area contributed by atoms with E-state index in [0.29, 0.717) is 6.42 Å². The van der Waals surface area contributed by atoms with Crippen LogP contribution in [0.3, 0.4) is 0 Å². The van der Waals surface area contributed by atoms with E-state index in [-0.39, 0.29) is 5.91 Å². The molecule has 1 aromatic heterocycles. The van der Waals surface area contributed by atoms with Crippen molar-refractivity contribution in [1.82, 2.24) is 14.9 Å². The molecule has 0 radical (unpaired) electrons. The fourth-order valence-electron chi connectivity index (χ4n) is 4.69. The summed E-state index contributed by atoms with van der Waals surface area (Å²) in [6.45, 7) is 2.16. The number of rotatable bonds is 9. The maximum absolute atomic E-state index is 11.6. The molecule has 4 aromatic rings. The Morgan fingerprint density at radius 1 is 0.818 bits per heavy atom. The van der Waals surface area contributed by atoms with Gasteiger partial charge in [-0.15, -0.1) is 0 Å². The molecule has 0 saturated heterocycles. The summed E-state index contributed by atoms with van der Waals surface area (Å²) >= 11 is 0. The normalized spacial score (nSPS) is 11.3. The first-order valence-electron chi connectivity index (χ1n) is 11.6. The van der Waals surface area contributed by atoms with Crippen molar-refractivity contribution in [2.45, 2.75) is 38.1 Å². The number of carbonyl (C=O) groups is 1. The molecule has 0 saturated carbocycles. The molecule has 4 nitrogen and oxygen atoms in total. The average molecular weight is 438 g/mol. The van der Waals surface area contributed by atoms with Crippen LogP contribution in [0.1, 0.15) is 47.3 Å². The molecule has 0 aliphatic heterocycles. The average Bonchev–Trinajstić information content (AvgIpc) is 3.24. The topological polar surface area (TPSA) is 46.9 Å². The zero-order valence-corrected chi connectivity index (χ0v) is 19.4. The minimum atomic E-state index is -0.540. The Hall–Kier alpha value is -3.66. The van der Waals surface area contributed by atoms with Crippen LogP contribution in [0.15, 0.2) is 97.3 Å². The molecule has 0 aliphatic rings. The fraction of sp³-hybridized carbons (Fsp3) is 0.241. The molecule has 3 aromatic carbocycles. The molecule has 0 atom stereocenters. The molecule has 0 bridgehead atoms. The minimum Gasteiger partial charge on any atom is -0.359 e. The quantitative estimate of drug-likeness (QED) is 0.278. The van der Waals surface area contributed by atoms with E-state index in [1.165, 1.54) is 16.7 Å². The molecule has 168 valence electrons. The number of nitrogens with zero attached hydrogens (tertiary/aromatic N) is 2. The second-order valence-electron chi connectivity index (χ2n) is 8.34. The van der Waals surface area contributed by atoms with Gasteiger partial charge in [0, 0.05) is 19.2 Å². The predicted molar refractivity (Wildman–Crippen MR) is 133 cm³/mol. The van der Waals surface area contributed by atoms with Gasteiger partial charge in [0.25, 0.3) is 0 Å². The number of aromatic nitrogens is 2. The smallest absolute Gasteiger partial charge is 0.219 e. The summed E-state index contributed by atoms with van der Waals surface area (Å²) in [6.07, 6.45) is 5.17. The van der Waals surface area contributed by atoms with Crippen LogP contribution in [-0.4, -0.2) is 22.5 Å². The summed E-state index contributed by atoms with van der Waals surface area (Å²) < 4.78 is 2.32. The van der Waals surface area contributed by atoms with E-state index in [1.54, 1.807) is 7.05 Å². The predicted octanol–water partition coefficient (Wildman–Crippen LogP) is 5.49. The number of unbranched alkanes of at least 4 members (excludes halogenated alkanes) is 1. The summed E-state index contributed by atoms with van der Waals surface area (Å²) in [5.41, 5.74) is 5.25. The van der Waals surface area contributed by atoms with E-state index in [4.69, 9.17) is 4.98 Å². The number of benzene rings is 3. The zero-order chi connectivity index (χ0) is 23.1. The molecule has 0 fully saturated rings.